The molecule has 0 spiro atoms. The van der Waals surface area contributed by atoms with E-state index in [4.69, 9.17) is 0 Å². The molecule has 2 amide bonds. The maximum absolute atomic E-state index is 12.1. The van der Waals surface area contributed by atoms with Gasteiger partial charge in [-0.3, -0.25) is 14.3 Å². The summed E-state index contributed by atoms with van der Waals surface area (Å²) < 4.78 is 1.70. The van der Waals surface area contributed by atoms with Crippen LogP contribution in [-0.4, -0.2) is 33.0 Å². The van der Waals surface area contributed by atoms with E-state index >= 15 is 0 Å². The molecule has 1 saturated heterocycles. The van der Waals surface area contributed by atoms with Gasteiger partial charge in [0.15, 0.2) is 0 Å². The summed E-state index contributed by atoms with van der Waals surface area (Å²) in [6.45, 7) is 1.90. The summed E-state index contributed by atoms with van der Waals surface area (Å²) in [5, 5.41) is 6.94. The molecule has 1 aliphatic rings. The third-order valence-electron chi connectivity index (χ3n) is 3.97. The minimum absolute atomic E-state index is 0.113. The van der Waals surface area contributed by atoms with Crippen LogP contribution in [0, 0.1) is 0 Å². The van der Waals surface area contributed by atoms with E-state index in [9.17, 15) is 9.59 Å². The van der Waals surface area contributed by atoms with Crippen molar-refractivity contribution in [2.24, 2.45) is 7.05 Å². The van der Waals surface area contributed by atoms with Gasteiger partial charge < -0.3 is 10.2 Å². The normalized spacial score (nSPS) is 14.3. The van der Waals surface area contributed by atoms with Crippen molar-refractivity contribution in [3.63, 3.8) is 0 Å². The van der Waals surface area contributed by atoms with E-state index in [2.05, 4.69) is 10.4 Å². The number of carbonyl (C=O) groups excluding carboxylic acids is 2. The lowest BCUT2D eigenvalue weighted by molar-refractivity contribution is -0.128. The minimum atomic E-state index is -0.113. The molecule has 1 aliphatic heterocycles. The Balaban J connectivity index is 1.55. The van der Waals surface area contributed by atoms with Crippen LogP contribution in [0.15, 0.2) is 36.7 Å². The van der Waals surface area contributed by atoms with Crippen LogP contribution in [-0.2, 0) is 24.9 Å². The Kier molecular flexibility index (Phi) is 4.41. The van der Waals surface area contributed by atoms with Gasteiger partial charge in [0.1, 0.15) is 0 Å². The van der Waals surface area contributed by atoms with Gasteiger partial charge in [-0.15, -0.1) is 0 Å². The third-order valence-corrected chi connectivity index (χ3v) is 3.97. The standard InChI is InChI=1S/C17H20N4O2/c1-20-11-14(10-19-20)9-18-17(23)15-6-4-13(5-7-15)12-21-8-2-3-16(21)22/h4-7,10-11H,2-3,8-9,12H2,1H3,(H,18,23). The monoisotopic (exact) mass is 312 g/mol. The second-order valence-electron chi connectivity index (χ2n) is 5.82. The highest BCUT2D eigenvalue weighted by atomic mass is 16.2. The molecule has 1 N–H and O–H groups in total. The predicted octanol–water partition coefficient (Wildman–Crippen LogP) is 1.47. The molecule has 6 nitrogen and oxygen atoms in total. The van der Waals surface area contributed by atoms with E-state index < -0.39 is 0 Å². The number of aromatic nitrogens is 2. The number of aryl methyl sites for hydroxylation is 1. The average molecular weight is 312 g/mol. The molecule has 2 heterocycles. The van der Waals surface area contributed by atoms with Crippen molar-refractivity contribution >= 4 is 11.8 Å². The number of benzene rings is 1. The van der Waals surface area contributed by atoms with E-state index in [0.29, 0.717) is 25.1 Å². The SMILES string of the molecule is Cn1cc(CNC(=O)c2ccc(CN3CCCC3=O)cc2)cn1. The second kappa shape index (κ2) is 6.64. The summed E-state index contributed by atoms with van der Waals surface area (Å²) in [5.41, 5.74) is 2.62. The van der Waals surface area contributed by atoms with Crippen LogP contribution < -0.4 is 5.32 Å². The second-order valence-corrected chi connectivity index (χ2v) is 5.82. The van der Waals surface area contributed by atoms with Crippen molar-refractivity contribution in [3.8, 4) is 0 Å². The Bertz CT molecular complexity index is 706. The molecule has 0 unspecified atom stereocenters. The lowest BCUT2D eigenvalue weighted by Gasteiger charge is -2.15. The number of nitrogens with one attached hydrogen (secondary N) is 1. The van der Waals surface area contributed by atoms with Gasteiger partial charge in [0.05, 0.1) is 6.20 Å². The topological polar surface area (TPSA) is 67.2 Å². The molecule has 3 rings (SSSR count). The predicted molar refractivity (Wildman–Crippen MR) is 85.5 cm³/mol. The van der Waals surface area contributed by atoms with Crippen LogP contribution in [0.4, 0.5) is 0 Å². The molecule has 2 aromatic rings. The molecule has 1 aromatic carbocycles. The minimum Gasteiger partial charge on any atom is -0.348 e. The summed E-state index contributed by atoms with van der Waals surface area (Å²) >= 11 is 0. The van der Waals surface area contributed by atoms with Crippen molar-refractivity contribution < 1.29 is 9.59 Å². The molecule has 0 atom stereocenters. The quantitative estimate of drug-likeness (QED) is 0.909. The maximum Gasteiger partial charge on any atom is 0.251 e. The van der Waals surface area contributed by atoms with Gasteiger partial charge in [-0.05, 0) is 24.1 Å². The summed E-state index contributed by atoms with van der Waals surface area (Å²) in [4.78, 5) is 25.6. The molecule has 120 valence electrons. The van der Waals surface area contributed by atoms with Crippen LogP contribution in [0.5, 0.6) is 0 Å². The fraction of sp³-hybridized carbons (Fsp3) is 0.353. The van der Waals surface area contributed by atoms with Gasteiger partial charge in [0.25, 0.3) is 5.91 Å². The third kappa shape index (κ3) is 3.77. The Labute approximate surface area is 135 Å². The number of hydrogen-bond donors (Lipinski definition) is 1. The van der Waals surface area contributed by atoms with E-state index in [1.165, 1.54) is 0 Å². The number of likely N-dealkylation sites (tertiary alicyclic amines) is 1. The maximum atomic E-state index is 12.1. The van der Waals surface area contributed by atoms with Crippen molar-refractivity contribution in [2.75, 3.05) is 6.54 Å². The lowest BCUT2D eigenvalue weighted by Crippen LogP contribution is -2.24. The summed E-state index contributed by atoms with van der Waals surface area (Å²) in [7, 11) is 1.84. The molecule has 6 heteroatoms. The smallest absolute Gasteiger partial charge is 0.251 e. The van der Waals surface area contributed by atoms with Crippen LogP contribution in [0.1, 0.15) is 34.3 Å². The van der Waals surface area contributed by atoms with Crippen molar-refractivity contribution in [1.82, 2.24) is 20.0 Å². The Morgan fingerprint density at radius 3 is 2.65 bits per heavy atom. The molecule has 0 aliphatic carbocycles. The highest BCUT2D eigenvalue weighted by Crippen LogP contribution is 2.14. The fourth-order valence-corrected chi connectivity index (χ4v) is 2.70. The van der Waals surface area contributed by atoms with Crippen LogP contribution in [0.25, 0.3) is 0 Å². The van der Waals surface area contributed by atoms with Crippen LogP contribution in [0.2, 0.25) is 0 Å². The molecule has 0 saturated carbocycles. The van der Waals surface area contributed by atoms with Gasteiger partial charge in [-0.25, -0.2) is 0 Å². The molecular formula is C17H20N4O2. The van der Waals surface area contributed by atoms with Crippen molar-refractivity contribution in [3.05, 3.63) is 53.3 Å². The molecule has 1 aromatic heterocycles. The summed E-state index contributed by atoms with van der Waals surface area (Å²) in [6.07, 6.45) is 5.19. The molecule has 1 fully saturated rings. The van der Waals surface area contributed by atoms with Crippen LogP contribution >= 0.6 is 0 Å². The molecule has 0 radical (unpaired) electrons. The zero-order chi connectivity index (χ0) is 16.2. The largest absolute Gasteiger partial charge is 0.348 e. The number of amides is 2. The highest BCUT2D eigenvalue weighted by Gasteiger charge is 2.19. The zero-order valence-electron chi connectivity index (χ0n) is 13.2. The number of nitrogens with zero attached hydrogens (tertiary/aromatic N) is 3. The van der Waals surface area contributed by atoms with Crippen molar-refractivity contribution in [2.45, 2.75) is 25.9 Å². The first-order chi connectivity index (χ1) is 11.1. The van der Waals surface area contributed by atoms with Crippen molar-refractivity contribution in [1.29, 1.82) is 0 Å². The van der Waals surface area contributed by atoms with Gasteiger partial charge in [0, 0.05) is 50.4 Å². The van der Waals surface area contributed by atoms with Crippen LogP contribution in [0.3, 0.4) is 0 Å². The van der Waals surface area contributed by atoms with Gasteiger partial charge in [0.2, 0.25) is 5.91 Å². The van der Waals surface area contributed by atoms with E-state index in [-0.39, 0.29) is 11.8 Å². The molecule has 23 heavy (non-hydrogen) atoms. The number of rotatable bonds is 5. The lowest BCUT2D eigenvalue weighted by atomic mass is 10.1. The highest BCUT2D eigenvalue weighted by molar-refractivity contribution is 5.94. The summed E-state index contributed by atoms with van der Waals surface area (Å²) in [5.74, 6) is 0.0981. The van der Waals surface area contributed by atoms with Gasteiger partial charge in [-0.2, -0.15) is 5.10 Å². The Hall–Kier alpha value is -2.63. The number of carbonyl (C=O) groups is 2. The Morgan fingerprint density at radius 1 is 1.26 bits per heavy atom. The first kappa shape index (κ1) is 15.3. The van der Waals surface area contributed by atoms with Gasteiger partial charge >= 0.3 is 0 Å². The average Bonchev–Trinajstić information content (AvgIpc) is 3.14. The first-order valence-electron chi connectivity index (χ1n) is 7.74. The number of hydrogen-bond acceptors (Lipinski definition) is 3. The van der Waals surface area contributed by atoms with E-state index in [1.807, 2.05) is 30.3 Å². The van der Waals surface area contributed by atoms with E-state index in [0.717, 1.165) is 24.1 Å². The molecular weight excluding hydrogens is 292 g/mol. The van der Waals surface area contributed by atoms with Gasteiger partial charge in [-0.1, -0.05) is 12.1 Å². The van der Waals surface area contributed by atoms with E-state index in [1.54, 1.807) is 23.0 Å². The Morgan fingerprint density at radius 2 is 2.04 bits per heavy atom. The summed E-state index contributed by atoms with van der Waals surface area (Å²) in [6, 6.07) is 7.41. The zero-order valence-corrected chi connectivity index (χ0v) is 13.2. The fourth-order valence-electron chi connectivity index (χ4n) is 2.70. The molecule has 0 bridgehead atoms. The first-order valence-corrected chi connectivity index (χ1v) is 7.74.